The van der Waals surface area contributed by atoms with E-state index in [-0.39, 0.29) is 11.4 Å². The SMILES string of the molecule is CCC(=O)OCCCC#C[C@]1(O)CC[C@H]2[C@@H]3CCc4cc(O)ccc4[C@H]3CC[C@@]21C. The summed E-state index contributed by atoms with van der Waals surface area (Å²) in [6, 6.07) is 5.88. The van der Waals surface area contributed by atoms with Crippen molar-refractivity contribution in [1.82, 2.24) is 0 Å². The van der Waals surface area contributed by atoms with Crippen LogP contribution in [0.15, 0.2) is 18.2 Å². The van der Waals surface area contributed by atoms with Crippen LogP contribution in [0.1, 0.15) is 82.3 Å². The van der Waals surface area contributed by atoms with E-state index in [9.17, 15) is 15.0 Å². The average Bonchev–Trinajstić information content (AvgIpc) is 3.01. The molecule has 4 heteroatoms. The summed E-state index contributed by atoms with van der Waals surface area (Å²) in [7, 11) is 0. The van der Waals surface area contributed by atoms with Gasteiger partial charge in [-0.25, -0.2) is 0 Å². The standard InChI is InChI=1S/C26H34O4/c1-3-24(28)30-16-6-4-5-13-26(29)15-12-23-22-9-7-18-17-19(27)8-10-20(18)21(22)11-14-25(23,26)2/h8,10,17,21-23,27,29H,3-4,6-7,9,11-12,14-16H2,1-2H3/t21-,22-,23+,25+,26+/m1/s1. The van der Waals surface area contributed by atoms with E-state index in [1.54, 1.807) is 6.92 Å². The lowest BCUT2D eigenvalue weighted by Crippen LogP contribution is -2.50. The predicted octanol–water partition coefficient (Wildman–Crippen LogP) is 4.72. The molecule has 2 N–H and O–H groups in total. The van der Waals surface area contributed by atoms with Gasteiger partial charge in [-0.1, -0.05) is 25.8 Å². The summed E-state index contributed by atoms with van der Waals surface area (Å²) in [6.45, 7) is 4.45. The Kier molecular flexibility index (Phi) is 5.86. The molecule has 0 spiro atoms. The number of carbonyl (C=O) groups is 1. The largest absolute Gasteiger partial charge is 0.508 e. The number of hydrogen-bond acceptors (Lipinski definition) is 4. The highest BCUT2D eigenvalue weighted by Crippen LogP contribution is 2.64. The number of phenols is 1. The van der Waals surface area contributed by atoms with E-state index >= 15 is 0 Å². The van der Waals surface area contributed by atoms with Crippen molar-refractivity contribution in [1.29, 1.82) is 0 Å². The Morgan fingerprint density at radius 1 is 1.27 bits per heavy atom. The number of fused-ring (bicyclic) bond motifs is 5. The maximum absolute atomic E-state index is 11.6. The summed E-state index contributed by atoms with van der Waals surface area (Å²) in [6.07, 6.45) is 7.74. The van der Waals surface area contributed by atoms with Crippen LogP contribution in [0.3, 0.4) is 0 Å². The third-order valence-electron chi connectivity index (χ3n) is 8.15. The zero-order chi connectivity index (χ0) is 21.4. The molecule has 0 bridgehead atoms. The number of carbonyl (C=O) groups excluding carboxylic acids is 1. The second-order valence-corrected chi connectivity index (χ2v) is 9.63. The van der Waals surface area contributed by atoms with Gasteiger partial charge in [-0.3, -0.25) is 4.79 Å². The normalized spacial score (nSPS) is 34.2. The van der Waals surface area contributed by atoms with Gasteiger partial charge in [-0.05, 0) is 86.0 Å². The third kappa shape index (κ3) is 3.62. The first-order valence-corrected chi connectivity index (χ1v) is 11.6. The second kappa shape index (κ2) is 8.27. The number of aliphatic hydroxyl groups is 1. The number of ether oxygens (including phenoxy) is 1. The number of aromatic hydroxyl groups is 1. The van der Waals surface area contributed by atoms with Crippen molar-refractivity contribution in [3.63, 3.8) is 0 Å². The highest BCUT2D eigenvalue weighted by molar-refractivity contribution is 5.68. The summed E-state index contributed by atoms with van der Waals surface area (Å²) >= 11 is 0. The number of benzene rings is 1. The predicted molar refractivity (Wildman–Crippen MR) is 116 cm³/mol. The Balaban J connectivity index is 1.44. The molecule has 2 saturated carbocycles. The Morgan fingerprint density at radius 2 is 2.10 bits per heavy atom. The van der Waals surface area contributed by atoms with E-state index in [0.717, 1.165) is 38.5 Å². The van der Waals surface area contributed by atoms with Crippen molar-refractivity contribution in [3.05, 3.63) is 29.3 Å². The molecule has 3 aliphatic rings. The third-order valence-corrected chi connectivity index (χ3v) is 8.15. The van der Waals surface area contributed by atoms with Gasteiger partial charge in [0.2, 0.25) is 0 Å². The quantitative estimate of drug-likeness (QED) is 0.428. The molecule has 0 amide bonds. The van der Waals surface area contributed by atoms with E-state index in [1.807, 2.05) is 12.1 Å². The van der Waals surface area contributed by atoms with E-state index in [2.05, 4.69) is 24.8 Å². The van der Waals surface area contributed by atoms with Gasteiger partial charge < -0.3 is 14.9 Å². The molecule has 4 nitrogen and oxygen atoms in total. The minimum atomic E-state index is -0.919. The van der Waals surface area contributed by atoms with Gasteiger partial charge in [0.1, 0.15) is 11.4 Å². The van der Waals surface area contributed by atoms with Gasteiger partial charge in [0.05, 0.1) is 6.61 Å². The summed E-state index contributed by atoms with van der Waals surface area (Å²) in [5.74, 6) is 8.25. The van der Waals surface area contributed by atoms with E-state index in [0.29, 0.717) is 49.4 Å². The van der Waals surface area contributed by atoms with Crippen molar-refractivity contribution in [2.75, 3.05) is 6.61 Å². The number of unbranched alkanes of at least 4 members (excludes halogenated alkanes) is 1. The van der Waals surface area contributed by atoms with E-state index in [1.165, 1.54) is 11.1 Å². The monoisotopic (exact) mass is 410 g/mol. The van der Waals surface area contributed by atoms with E-state index in [4.69, 9.17) is 4.74 Å². The van der Waals surface area contributed by atoms with Crippen molar-refractivity contribution in [3.8, 4) is 17.6 Å². The Morgan fingerprint density at radius 3 is 2.90 bits per heavy atom. The summed E-state index contributed by atoms with van der Waals surface area (Å²) in [4.78, 5) is 11.2. The maximum Gasteiger partial charge on any atom is 0.305 e. The fraction of sp³-hybridized carbons (Fsp3) is 0.654. The Bertz CT molecular complexity index is 866. The zero-order valence-electron chi connectivity index (χ0n) is 18.2. The molecule has 0 unspecified atom stereocenters. The number of hydrogen-bond donors (Lipinski definition) is 2. The van der Waals surface area contributed by atoms with Crippen molar-refractivity contribution in [2.24, 2.45) is 17.3 Å². The molecule has 5 atom stereocenters. The van der Waals surface area contributed by atoms with Crippen LogP contribution in [-0.4, -0.2) is 28.4 Å². The van der Waals surface area contributed by atoms with Crippen molar-refractivity contribution < 1.29 is 19.7 Å². The molecule has 0 aliphatic heterocycles. The van der Waals surface area contributed by atoms with E-state index < -0.39 is 5.60 Å². The molecule has 0 saturated heterocycles. The minimum Gasteiger partial charge on any atom is -0.508 e. The molecule has 0 aromatic heterocycles. The lowest BCUT2D eigenvalue weighted by molar-refractivity contribution is -0.143. The van der Waals surface area contributed by atoms with Crippen LogP contribution < -0.4 is 0 Å². The lowest BCUT2D eigenvalue weighted by atomic mass is 9.53. The van der Waals surface area contributed by atoms with Gasteiger partial charge in [0.25, 0.3) is 0 Å². The molecule has 1 aromatic carbocycles. The average molecular weight is 411 g/mol. The molecule has 1 aromatic rings. The number of esters is 1. The summed E-state index contributed by atoms with van der Waals surface area (Å²) in [5.41, 5.74) is 1.63. The molecular formula is C26H34O4. The van der Waals surface area contributed by atoms with Gasteiger partial charge in [0.15, 0.2) is 0 Å². The molecule has 162 valence electrons. The first-order chi connectivity index (χ1) is 14.4. The maximum atomic E-state index is 11.6. The van der Waals surface area contributed by atoms with Crippen LogP contribution in [-0.2, 0) is 16.0 Å². The molecule has 4 rings (SSSR count). The Labute approximate surface area is 180 Å². The van der Waals surface area contributed by atoms with Crippen molar-refractivity contribution in [2.45, 2.75) is 83.2 Å². The fourth-order valence-electron chi connectivity index (χ4n) is 6.45. The molecule has 2 fully saturated rings. The highest BCUT2D eigenvalue weighted by atomic mass is 16.5. The van der Waals surface area contributed by atoms with Gasteiger partial charge >= 0.3 is 5.97 Å². The summed E-state index contributed by atoms with van der Waals surface area (Å²) in [5, 5.41) is 21.4. The molecule has 30 heavy (non-hydrogen) atoms. The first-order valence-electron chi connectivity index (χ1n) is 11.6. The summed E-state index contributed by atoms with van der Waals surface area (Å²) < 4.78 is 5.10. The van der Waals surface area contributed by atoms with Crippen molar-refractivity contribution >= 4 is 5.97 Å². The Hall–Kier alpha value is -1.99. The number of phenolic OH excluding ortho intramolecular Hbond substituents is 1. The minimum absolute atomic E-state index is 0.162. The van der Waals surface area contributed by atoms with Crippen LogP contribution in [0, 0.1) is 29.1 Å². The highest BCUT2D eigenvalue weighted by Gasteiger charge is 2.61. The van der Waals surface area contributed by atoms with Crippen LogP contribution in [0.5, 0.6) is 5.75 Å². The smallest absolute Gasteiger partial charge is 0.305 e. The molecule has 0 heterocycles. The van der Waals surface area contributed by atoms with Gasteiger partial charge in [0, 0.05) is 18.3 Å². The van der Waals surface area contributed by atoms with Crippen LogP contribution in [0.4, 0.5) is 0 Å². The number of rotatable bonds is 4. The number of aryl methyl sites for hydroxylation is 1. The van der Waals surface area contributed by atoms with Crippen LogP contribution in [0.2, 0.25) is 0 Å². The topological polar surface area (TPSA) is 66.8 Å². The lowest BCUT2D eigenvalue weighted by Gasteiger charge is -2.52. The molecule has 0 radical (unpaired) electrons. The van der Waals surface area contributed by atoms with Gasteiger partial charge in [-0.15, -0.1) is 5.92 Å². The van der Waals surface area contributed by atoms with Gasteiger partial charge in [-0.2, -0.15) is 0 Å². The van der Waals surface area contributed by atoms with Crippen LogP contribution in [0.25, 0.3) is 0 Å². The zero-order valence-corrected chi connectivity index (χ0v) is 18.2. The molecule has 3 aliphatic carbocycles. The second-order valence-electron chi connectivity index (χ2n) is 9.63. The first kappa shape index (κ1) is 21.2. The van der Waals surface area contributed by atoms with Crippen LogP contribution >= 0.6 is 0 Å². The molecular weight excluding hydrogens is 376 g/mol. The fourth-order valence-corrected chi connectivity index (χ4v) is 6.45.